The number of nitrogens with one attached hydrogen (secondary N) is 1. The zero-order chi connectivity index (χ0) is 7.11. The van der Waals surface area contributed by atoms with E-state index >= 15 is 0 Å². The molecule has 2 N–H and O–H groups in total. The molecule has 56 valence electrons. The van der Waals surface area contributed by atoms with Gasteiger partial charge in [-0.3, -0.25) is 0 Å². The summed E-state index contributed by atoms with van der Waals surface area (Å²) in [7, 11) is 1.95. The number of aliphatic hydroxyl groups is 1. The molecule has 9 heavy (non-hydrogen) atoms. The Bertz CT molecular complexity index is 56.9. The van der Waals surface area contributed by atoms with Crippen LogP contribution in [-0.4, -0.2) is 25.3 Å². The summed E-state index contributed by atoms with van der Waals surface area (Å²) in [5, 5.41) is 11.6. The van der Waals surface area contributed by atoms with Crippen LogP contribution in [0.1, 0.15) is 19.8 Å². The third kappa shape index (κ3) is 5.80. The van der Waals surface area contributed by atoms with E-state index in [9.17, 15) is 0 Å². The highest BCUT2D eigenvalue weighted by Crippen LogP contribution is 2.01. The maximum Gasteiger partial charge on any atom is 0.0431 e. The van der Waals surface area contributed by atoms with Crippen molar-refractivity contribution in [2.45, 2.75) is 19.8 Å². The molecule has 0 aliphatic heterocycles. The Morgan fingerprint density at radius 2 is 2.22 bits per heavy atom. The van der Waals surface area contributed by atoms with Gasteiger partial charge < -0.3 is 10.4 Å². The van der Waals surface area contributed by atoms with Crippen molar-refractivity contribution in [3.05, 3.63) is 0 Å². The van der Waals surface area contributed by atoms with Crippen LogP contribution >= 0.6 is 0 Å². The van der Waals surface area contributed by atoms with E-state index in [0.29, 0.717) is 12.5 Å². The first-order valence-corrected chi connectivity index (χ1v) is 3.56. The third-order valence-electron chi connectivity index (χ3n) is 1.41. The minimum atomic E-state index is 0.327. The van der Waals surface area contributed by atoms with Gasteiger partial charge in [-0.25, -0.2) is 0 Å². The molecule has 0 radical (unpaired) electrons. The van der Waals surface area contributed by atoms with Crippen LogP contribution in [0.5, 0.6) is 0 Å². The summed E-state index contributed by atoms with van der Waals surface area (Å²) in [5.74, 6) is 0.696. The summed E-state index contributed by atoms with van der Waals surface area (Å²) >= 11 is 0. The standard InChI is InChI=1S/C7H17NO/c1-7(6-8-2)4-3-5-9/h7-9H,3-6H2,1-2H3. The van der Waals surface area contributed by atoms with E-state index in [1.807, 2.05) is 7.05 Å². The summed E-state index contributed by atoms with van der Waals surface area (Å²) in [6.45, 7) is 3.57. The monoisotopic (exact) mass is 131 g/mol. The van der Waals surface area contributed by atoms with Crippen LogP contribution in [0.15, 0.2) is 0 Å². The van der Waals surface area contributed by atoms with Crippen LogP contribution in [0.25, 0.3) is 0 Å². The molecule has 0 aliphatic rings. The lowest BCUT2D eigenvalue weighted by Gasteiger charge is -2.07. The van der Waals surface area contributed by atoms with Gasteiger partial charge >= 0.3 is 0 Å². The first-order chi connectivity index (χ1) is 4.31. The van der Waals surface area contributed by atoms with Gasteiger partial charge in [0.1, 0.15) is 0 Å². The highest BCUT2D eigenvalue weighted by atomic mass is 16.2. The zero-order valence-electron chi connectivity index (χ0n) is 6.35. The Hall–Kier alpha value is -0.0800. The molecule has 0 bridgehead atoms. The van der Waals surface area contributed by atoms with Crippen LogP contribution in [0, 0.1) is 5.92 Å². The van der Waals surface area contributed by atoms with Crippen LogP contribution in [0.3, 0.4) is 0 Å². The van der Waals surface area contributed by atoms with E-state index in [4.69, 9.17) is 5.11 Å². The maximum absolute atomic E-state index is 8.46. The molecule has 2 heteroatoms. The molecular weight excluding hydrogens is 114 g/mol. The van der Waals surface area contributed by atoms with Crippen molar-refractivity contribution in [3.63, 3.8) is 0 Å². The summed E-state index contributed by atoms with van der Waals surface area (Å²) in [4.78, 5) is 0. The van der Waals surface area contributed by atoms with Crippen molar-refractivity contribution in [3.8, 4) is 0 Å². The minimum absolute atomic E-state index is 0.327. The Morgan fingerprint density at radius 3 is 2.67 bits per heavy atom. The van der Waals surface area contributed by atoms with E-state index in [2.05, 4.69) is 12.2 Å². The van der Waals surface area contributed by atoms with E-state index in [-0.39, 0.29) is 0 Å². The van der Waals surface area contributed by atoms with E-state index in [1.165, 1.54) is 0 Å². The summed E-state index contributed by atoms with van der Waals surface area (Å²) in [6, 6.07) is 0. The largest absolute Gasteiger partial charge is 0.396 e. The Balaban J connectivity index is 2.95. The Labute approximate surface area is 57.3 Å². The quantitative estimate of drug-likeness (QED) is 0.573. The lowest BCUT2D eigenvalue weighted by atomic mass is 10.1. The van der Waals surface area contributed by atoms with Gasteiger partial charge in [-0.15, -0.1) is 0 Å². The minimum Gasteiger partial charge on any atom is -0.396 e. The van der Waals surface area contributed by atoms with Crippen LogP contribution in [-0.2, 0) is 0 Å². The summed E-state index contributed by atoms with van der Waals surface area (Å²) in [5.41, 5.74) is 0. The van der Waals surface area contributed by atoms with Gasteiger partial charge in [-0.1, -0.05) is 6.92 Å². The second-order valence-corrected chi connectivity index (χ2v) is 2.53. The van der Waals surface area contributed by atoms with Crippen LogP contribution in [0.4, 0.5) is 0 Å². The Morgan fingerprint density at radius 1 is 1.56 bits per heavy atom. The molecule has 0 rings (SSSR count). The molecule has 0 aromatic carbocycles. The Kier molecular flexibility index (Phi) is 5.99. The average Bonchev–Trinajstić information content (AvgIpc) is 1.85. The van der Waals surface area contributed by atoms with E-state index in [1.54, 1.807) is 0 Å². The molecule has 0 aromatic rings. The predicted molar refractivity (Wildman–Crippen MR) is 39.4 cm³/mol. The molecule has 2 nitrogen and oxygen atoms in total. The van der Waals surface area contributed by atoms with Gasteiger partial charge in [0.15, 0.2) is 0 Å². The summed E-state index contributed by atoms with van der Waals surface area (Å²) < 4.78 is 0. The molecule has 0 amide bonds. The fraction of sp³-hybridized carbons (Fsp3) is 1.00. The number of rotatable bonds is 5. The number of aliphatic hydroxyl groups excluding tert-OH is 1. The molecule has 0 saturated carbocycles. The number of hydrogen-bond donors (Lipinski definition) is 2. The lowest BCUT2D eigenvalue weighted by molar-refractivity contribution is 0.273. The van der Waals surface area contributed by atoms with E-state index in [0.717, 1.165) is 19.4 Å². The second-order valence-electron chi connectivity index (χ2n) is 2.53. The van der Waals surface area contributed by atoms with Gasteiger partial charge in [-0.2, -0.15) is 0 Å². The average molecular weight is 131 g/mol. The zero-order valence-corrected chi connectivity index (χ0v) is 6.35. The molecule has 0 aliphatic carbocycles. The second kappa shape index (κ2) is 6.05. The van der Waals surface area contributed by atoms with Crippen molar-refractivity contribution < 1.29 is 5.11 Å². The molecule has 0 saturated heterocycles. The van der Waals surface area contributed by atoms with Gasteiger partial charge in [-0.05, 0) is 32.4 Å². The topological polar surface area (TPSA) is 32.3 Å². The first-order valence-electron chi connectivity index (χ1n) is 3.56. The van der Waals surface area contributed by atoms with E-state index < -0.39 is 0 Å². The van der Waals surface area contributed by atoms with Crippen molar-refractivity contribution in [1.29, 1.82) is 0 Å². The molecule has 0 heterocycles. The molecule has 1 unspecified atom stereocenters. The fourth-order valence-electron chi connectivity index (χ4n) is 0.890. The highest BCUT2D eigenvalue weighted by Gasteiger charge is 1.97. The number of hydrogen-bond acceptors (Lipinski definition) is 2. The summed E-state index contributed by atoms with van der Waals surface area (Å²) in [6.07, 6.45) is 2.06. The van der Waals surface area contributed by atoms with Crippen molar-refractivity contribution in [1.82, 2.24) is 5.32 Å². The fourth-order valence-corrected chi connectivity index (χ4v) is 0.890. The van der Waals surface area contributed by atoms with Crippen LogP contribution in [0.2, 0.25) is 0 Å². The molecule has 1 atom stereocenters. The normalized spacial score (nSPS) is 13.7. The smallest absolute Gasteiger partial charge is 0.0431 e. The SMILES string of the molecule is CNCC(C)CCCO. The maximum atomic E-state index is 8.46. The van der Waals surface area contributed by atoms with Crippen LogP contribution < -0.4 is 5.32 Å². The van der Waals surface area contributed by atoms with Crippen molar-refractivity contribution in [2.75, 3.05) is 20.2 Å². The van der Waals surface area contributed by atoms with Gasteiger partial charge in [0.2, 0.25) is 0 Å². The van der Waals surface area contributed by atoms with Crippen molar-refractivity contribution in [2.24, 2.45) is 5.92 Å². The first kappa shape index (κ1) is 8.92. The van der Waals surface area contributed by atoms with Gasteiger partial charge in [0, 0.05) is 6.61 Å². The molecular formula is C7H17NO. The van der Waals surface area contributed by atoms with Gasteiger partial charge in [0.25, 0.3) is 0 Å². The highest BCUT2D eigenvalue weighted by molar-refractivity contribution is 4.53. The predicted octanol–water partition coefficient (Wildman–Crippen LogP) is 0.614. The molecule has 0 spiro atoms. The third-order valence-corrected chi connectivity index (χ3v) is 1.41. The van der Waals surface area contributed by atoms with Crippen molar-refractivity contribution >= 4 is 0 Å². The van der Waals surface area contributed by atoms with Gasteiger partial charge in [0.05, 0.1) is 0 Å². The molecule has 0 fully saturated rings. The molecule has 0 aromatic heterocycles. The lowest BCUT2D eigenvalue weighted by Crippen LogP contribution is -2.16.